The first kappa shape index (κ1) is 7.68. The van der Waals surface area contributed by atoms with Crippen LogP contribution in [0.3, 0.4) is 0 Å². The molecule has 0 aromatic carbocycles. The molecule has 0 spiro atoms. The molecule has 0 fully saturated rings. The molecule has 0 bridgehead atoms. The maximum Gasteiger partial charge on any atom is 0.402 e. The highest BCUT2D eigenvalue weighted by atomic mass is 32.2. The lowest BCUT2D eigenvalue weighted by Gasteiger charge is -2.31. The Bertz CT molecular complexity index is 261. The van der Waals surface area contributed by atoms with E-state index in [0.717, 1.165) is 12.3 Å². The van der Waals surface area contributed by atoms with E-state index in [4.69, 9.17) is 12.6 Å². The standard InChI is InChI=1S/C7H9NOS2/c1-7(4-10)5(9)8-2-3-11-6(7)8/h2-4H2,1H3. The van der Waals surface area contributed by atoms with Gasteiger partial charge in [-0.05, 0) is 6.92 Å². The first-order valence-corrected chi connectivity index (χ1v) is 5.17. The molecule has 4 heteroatoms. The van der Waals surface area contributed by atoms with Gasteiger partial charge in [0.2, 0.25) is 5.04 Å². The summed E-state index contributed by atoms with van der Waals surface area (Å²) in [4.78, 5) is 11.4. The van der Waals surface area contributed by atoms with Crippen LogP contribution in [0.2, 0.25) is 0 Å². The van der Waals surface area contributed by atoms with Crippen molar-refractivity contribution in [2.75, 3.05) is 18.1 Å². The van der Waals surface area contributed by atoms with Crippen LogP contribution in [-0.4, -0.2) is 33.6 Å². The van der Waals surface area contributed by atoms with Gasteiger partial charge < -0.3 is 12.6 Å². The molecule has 0 aliphatic carbocycles. The van der Waals surface area contributed by atoms with E-state index in [1.54, 1.807) is 11.8 Å². The Labute approximate surface area is 75.5 Å². The quantitative estimate of drug-likeness (QED) is 0.433. The zero-order chi connectivity index (χ0) is 8.06. The molecule has 0 saturated carbocycles. The zero-order valence-electron chi connectivity index (χ0n) is 6.29. The summed E-state index contributed by atoms with van der Waals surface area (Å²) in [6.45, 7) is 2.84. The van der Waals surface area contributed by atoms with Gasteiger partial charge >= 0.3 is 5.91 Å². The fourth-order valence-electron chi connectivity index (χ4n) is 1.52. The summed E-state index contributed by atoms with van der Waals surface area (Å²) in [5.74, 6) is 1.81. The molecule has 2 nitrogen and oxygen atoms in total. The van der Waals surface area contributed by atoms with Gasteiger partial charge in [0.1, 0.15) is 0 Å². The summed E-state index contributed by atoms with van der Waals surface area (Å²) in [6.07, 6.45) is 0. The van der Waals surface area contributed by atoms with Crippen LogP contribution in [0.15, 0.2) is 0 Å². The van der Waals surface area contributed by atoms with Crippen molar-refractivity contribution in [3.8, 4) is 0 Å². The molecular formula is C7H9NOS2. The summed E-state index contributed by atoms with van der Waals surface area (Å²) in [6, 6.07) is 0. The maximum atomic E-state index is 11.4. The van der Waals surface area contributed by atoms with E-state index >= 15 is 0 Å². The maximum absolute atomic E-state index is 11.4. The van der Waals surface area contributed by atoms with Crippen LogP contribution < -0.4 is 0 Å². The van der Waals surface area contributed by atoms with Crippen molar-refractivity contribution in [1.29, 1.82) is 0 Å². The van der Waals surface area contributed by atoms with Gasteiger partial charge in [0, 0.05) is 0 Å². The molecule has 2 aliphatic rings. The second-order valence-corrected chi connectivity index (χ2v) is 4.46. The van der Waals surface area contributed by atoms with Gasteiger partial charge in [0.15, 0.2) is 12.0 Å². The molecular weight excluding hydrogens is 178 g/mol. The van der Waals surface area contributed by atoms with Crippen LogP contribution in [-0.2, 0) is 17.4 Å². The average molecular weight is 187 g/mol. The smallest absolute Gasteiger partial charge is 0.402 e. The molecule has 0 saturated heterocycles. The minimum atomic E-state index is -0.295. The van der Waals surface area contributed by atoms with Crippen molar-refractivity contribution < 1.29 is 9.37 Å². The monoisotopic (exact) mass is 187 g/mol. The van der Waals surface area contributed by atoms with Crippen LogP contribution in [0.25, 0.3) is 0 Å². The van der Waals surface area contributed by atoms with Crippen molar-refractivity contribution in [2.24, 2.45) is 5.41 Å². The highest BCUT2D eigenvalue weighted by molar-refractivity contribution is 8.14. The van der Waals surface area contributed by atoms with Crippen LogP contribution in [0.4, 0.5) is 0 Å². The molecule has 2 rings (SSSR count). The average Bonchev–Trinajstić information content (AvgIpc) is 2.48. The van der Waals surface area contributed by atoms with Crippen LogP contribution >= 0.6 is 11.8 Å². The number of rotatable bonds is 1. The largest absolute Gasteiger partial charge is 0.791 e. The van der Waals surface area contributed by atoms with Crippen molar-refractivity contribution in [2.45, 2.75) is 6.92 Å². The fraction of sp³-hybridized carbons (Fsp3) is 0.714. The topological polar surface area (TPSA) is 20.1 Å². The molecule has 2 aliphatic heterocycles. The Balaban J connectivity index is 2.38. The predicted octanol–water partition coefficient (Wildman–Crippen LogP) is 0.238. The van der Waals surface area contributed by atoms with E-state index in [1.165, 1.54) is 5.04 Å². The van der Waals surface area contributed by atoms with E-state index in [0.29, 0.717) is 5.75 Å². The van der Waals surface area contributed by atoms with Crippen LogP contribution in [0.1, 0.15) is 6.92 Å². The van der Waals surface area contributed by atoms with E-state index in [2.05, 4.69) is 0 Å². The molecule has 1 amide bonds. The third kappa shape index (κ3) is 0.770. The summed E-state index contributed by atoms with van der Waals surface area (Å²) in [5, 5.41) is 1.21. The fourth-order valence-corrected chi connectivity index (χ4v) is 3.15. The molecule has 0 aromatic heterocycles. The van der Waals surface area contributed by atoms with E-state index in [-0.39, 0.29) is 11.3 Å². The predicted molar refractivity (Wildman–Crippen MR) is 47.9 cm³/mol. The minimum absolute atomic E-state index is 0.229. The summed E-state index contributed by atoms with van der Waals surface area (Å²) < 4.78 is 1.86. The second-order valence-electron chi connectivity index (χ2n) is 3.09. The van der Waals surface area contributed by atoms with E-state index < -0.39 is 0 Å². The number of thioether (sulfide) groups is 1. The molecule has 11 heavy (non-hydrogen) atoms. The molecule has 1 unspecified atom stereocenters. The Morgan fingerprint density at radius 1 is 1.82 bits per heavy atom. The first-order valence-electron chi connectivity index (χ1n) is 3.60. The molecule has 0 N–H and O–H groups in total. The molecule has 1 atom stereocenters. The summed E-state index contributed by atoms with van der Waals surface area (Å²) >= 11 is 6.74. The van der Waals surface area contributed by atoms with Crippen molar-refractivity contribution in [3.63, 3.8) is 0 Å². The highest BCUT2D eigenvalue weighted by Crippen LogP contribution is 2.38. The number of carbonyl (C=O) groups is 1. The Kier molecular flexibility index (Phi) is 1.58. The summed E-state index contributed by atoms with van der Waals surface area (Å²) in [5.41, 5.74) is -0.295. The lowest BCUT2D eigenvalue weighted by molar-refractivity contribution is -0.469. The number of carbonyl (C=O) groups excluding carboxylic acids is 1. The third-order valence-electron chi connectivity index (χ3n) is 2.28. The van der Waals surface area contributed by atoms with Gasteiger partial charge in [-0.1, -0.05) is 11.8 Å². The minimum Gasteiger partial charge on any atom is -0.791 e. The van der Waals surface area contributed by atoms with Gasteiger partial charge in [0.05, 0.1) is 5.75 Å². The first-order chi connectivity index (χ1) is 5.20. The SMILES string of the molecule is CC1(C[S-])C(=O)[N+]2=C1SCC2. The van der Waals surface area contributed by atoms with E-state index in [1.807, 2.05) is 11.5 Å². The molecule has 0 aromatic rings. The van der Waals surface area contributed by atoms with Crippen molar-refractivity contribution in [1.82, 2.24) is 0 Å². The number of hydrogen-bond donors (Lipinski definition) is 0. The van der Waals surface area contributed by atoms with Crippen LogP contribution in [0, 0.1) is 5.41 Å². The van der Waals surface area contributed by atoms with Crippen molar-refractivity contribution >= 4 is 35.3 Å². The molecule has 60 valence electrons. The van der Waals surface area contributed by atoms with Gasteiger partial charge in [-0.3, -0.25) is 0 Å². The Morgan fingerprint density at radius 2 is 2.55 bits per heavy atom. The normalized spacial score (nSPS) is 35.6. The third-order valence-corrected chi connectivity index (χ3v) is 4.19. The Hall–Kier alpha value is 0.0400. The summed E-state index contributed by atoms with van der Waals surface area (Å²) in [7, 11) is 0. The highest BCUT2D eigenvalue weighted by Gasteiger charge is 2.59. The van der Waals surface area contributed by atoms with Crippen LogP contribution in [0.5, 0.6) is 0 Å². The zero-order valence-corrected chi connectivity index (χ0v) is 7.93. The lowest BCUT2D eigenvalue weighted by atomic mass is 9.87. The van der Waals surface area contributed by atoms with Gasteiger partial charge in [-0.2, -0.15) is 4.58 Å². The number of hydrogen-bond acceptors (Lipinski definition) is 3. The molecule has 2 heterocycles. The lowest BCUT2D eigenvalue weighted by Crippen LogP contribution is -2.55. The van der Waals surface area contributed by atoms with Gasteiger partial charge in [0.25, 0.3) is 0 Å². The number of nitrogens with zero attached hydrogens (tertiary/aromatic N) is 1. The molecule has 0 radical (unpaired) electrons. The Morgan fingerprint density at radius 3 is 3.18 bits per heavy atom. The number of amides is 1. The van der Waals surface area contributed by atoms with Crippen molar-refractivity contribution in [3.05, 3.63) is 0 Å². The van der Waals surface area contributed by atoms with Gasteiger partial charge in [-0.15, -0.1) is 5.75 Å². The van der Waals surface area contributed by atoms with E-state index in [9.17, 15) is 4.79 Å². The second kappa shape index (κ2) is 2.26. The van der Waals surface area contributed by atoms with Gasteiger partial charge in [-0.25, -0.2) is 4.79 Å².